The van der Waals surface area contributed by atoms with Gasteiger partial charge in [-0.05, 0) is 41.8 Å². The van der Waals surface area contributed by atoms with Crippen LogP contribution in [0.1, 0.15) is 11.1 Å². The molecule has 0 saturated heterocycles. The summed E-state index contributed by atoms with van der Waals surface area (Å²) in [5, 5.41) is 8.80. The molecule has 0 amide bonds. The summed E-state index contributed by atoms with van der Waals surface area (Å²) in [5.74, 6) is -0.481. The van der Waals surface area contributed by atoms with E-state index >= 15 is 0 Å². The van der Waals surface area contributed by atoms with Crippen LogP contribution in [0.2, 0.25) is 0 Å². The van der Waals surface area contributed by atoms with Crippen molar-refractivity contribution >= 4 is 16.0 Å². The molecule has 0 radical (unpaired) electrons. The van der Waals surface area contributed by atoms with Gasteiger partial charge in [0, 0.05) is 6.54 Å². The number of hydrogen-bond acceptors (Lipinski definition) is 5. The Hall–Kier alpha value is -2.42. The minimum Gasteiger partial charge on any atom is -0.497 e. The summed E-state index contributed by atoms with van der Waals surface area (Å²) in [6, 6.07) is 12.1. The second kappa shape index (κ2) is 8.11. The minimum absolute atomic E-state index is 0.125. The van der Waals surface area contributed by atoms with Crippen LogP contribution in [0.5, 0.6) is 5.75 Å². The van der Waals surface area contributed by atoms with Crippen molar-refractivity contribution in [3.63, 3.8) is 0 Å². The van der Waals surface area contributed by atoms with E-state index in [2.05, 4.69) is 4.72 Å². The number of nitrogens with two attached hydrogens (primary N) is 1. The lowest BCUT2D eigenvalue weighted by molar-refractivity contribution is -0.138. The van der Waals surface area contributed by atoms with Crippen molar-refractivity contribution in [2.45, 2.75) is 23.9 Å². The molecule has 0 bridgehead atoms. The van der Waals surface area contributed by atoms with Crippen molar-refractivity contribution in [2.24, 2.45) is 5.73 Å². The van der Waals surface area contributed by atoms with Gasteiger partial charge in [0.1, 0.15) is 11.8 Å². The van der Waals surface area contributed by atoms with E-state index < -0.39 is 22.0 Å². The minimum atomic E-state index is -3.63. The van der Waals surface area contributed by atoms with E-state index in [4.69, 9.17) is 15.6 Å². The maximum absolute atomic E-state index is 12.3. The van der Waals surface area contributed by atoms with E-state index in [1.165, 1.54) is 19.2 Å². The topological polar surface area (TPSA) is 119 Å². The Morgan fingerprint density at radius 3 is 2.20 bits per heavy atom. The normalized spacial score (nSPS) is 12.6. The lowest BCUT2D eigenvalue weighted by atomic mass is 10.0. The first kappa shape index (κ1) is 18.9. The third kappa shape index (κ3) is 5.28. The predicted molar refractivity (Wildman–Crippen MR) is 92.8 cm³/mol. The highest BCUT2D eigenvalue weighted by Gasteiger charge is 2.14. The number of carboxylic acids is 1. The van der Waals surface area contributed by atoms with Crippen LogP contribution in [0.4, 0.5) is 0 Å². The molecule has 0 aliphatic rings. The van der Waals surface area contributed by atoms with Crippen molar-refractivity contribution in [3.8, 4) is 5.75 Å². The number of carbonyl (C=O) groups is 1. The molecule has 0 aromatic heterocycles. The zero-order valence-electron chi connectivity index (χ0n) is 13.7. The molecule has 2 aromatic carbocycles. The number of carboxylic acid groups (broad SMARTS) is 1. The van der Waals surface area contributed by atoms with E-state index in [1.807, 2.05) is 0 Å². The van der Waals surface area contributed by atoms with Crippen LogP contribution in [0, 0.1) is 0 Å². The van der Waals surface area contributed by atoms with Gasteiger partial charge in [-0.1, -0.05) is 24.3 Å². The zero-order valence-corrected chi connectivity index (χ0v) is 14.5. The molecule has 0 heterocycles. The fraction of sp³-hybridized carbons (Fsp3) is 0.235. The molecule has 2 aromatic rings. The molecule has 0 fully saturated rings. The Labute approximate surface area is 146 Å². The molecule has 0 saturated carbocycles. The number of aliphatic carboxylic acids is 1. The molecule has 0 aliphatic carbocycles. The van der Waals surface area contributed by atoms with Crippen molar-refractivity contribution in [3.05, 3.63) is 59.7 Å². The quantitative estimate of drug-likeness (QED) is 0.646. The van der Waals surface area contributed by atoms with Gasteiger partial charge in [0.2, 0.25) is 10.0 Å². The zero-order chi connectivity index (χ0) is 18.4. The number of nitrogens with one attached hydrogen (secondary N) is 1. The SMILES string of the molecule is COc1ccc(S(=O)(=O)NCc2ccc(C[C@H](N)C(=O)O)cc2)cc1. The molecular weight excluding hydrogens is 344 g/mol. The molecule has 134 valence electrons. The summed E-state index contributed by atoms with van der Waals surface area (Å²) < 4.78 is 32.0. The van der Waals surface area contributed by atoms with Gasteiger partial charge in [-0.2, -0.15) is 0 Å². The monoisotopic (exact) mass is 364 g/mol. The average Bonchev–Trinajstić information content (AvgIpc) is 2.61. The molecule has 25 heavy (non-hydrogen) atoms. The summed E-state index contributed by atoms with van der Waals surface area (Å²) in [6.07, 6.45) is 0.215. The Morgan fingerprint density at radius 2 is 1.68 bits per heavy atom. The van der Waals surface area contributed by atoms with Crippen molar-refractivity contribution < 1.29 is 23.1 Å². The fourth-order valence-corrected chi connectivity index (χ4v) is 3.17. The number of benzene rings is 2. The predicted octanol–water partition coefficient (Wildman–Crippen LogP) is 1.13. The second-order valence-corrected chi connectivity index (χ2v) is 7.23. The standard InChI is InChI=1S/C17H20N2O5S/c1-24-14-6-8-15(9-7-14)25(22,23)19-11-13-4-2-12(3-5-13)10-16(18)17(20)21/h2-9,16,19H,10-11,18H2,1H3,(H,20,21)/t16-/m0/s1. The highest BCUT2D eigenvalue weighted by molar-refractivity contribution is 7.89. The lowest BCUT2D eigenvalue weighted by Crippen LogP contribution is -2.32. The van der Waals surface area contributed by atoms with E-state index in [1.54, 1.807) is 36.4 Å². The fourth-order valence-electron chi connectivity index (χ4n) is 2.15. The van der Waals surface area contributed by atoms with Gasteiger partial charge < -0.3 is 15.6 Å². The highest BCUT2D eigenvalue weighted by atomic mass is 32.2. The molecule has 8 heteroatoms. The third-order valence-corrected chi connectivity index (χ3v) is 5.05. The number of methoxy groups -OCH3 is 1. The van der Waals surface area contributed by atoms with Crippen LogP contribution in [0.15, 0.2) is 53.4 Å². The van der Waals surface area contributed by atoms with Gasteiger partial charge >= 0.3 is 5.97 Å². The number of rotatable bonds is 8. The van der Waals surface area contributed by atoms with E-state index in [0.29, 0.717) is 5.75 Å². The number of hydrogen-bond donors (Lipinski definition) is 3. The first-order valence-electron chi connectivity index (χ1n) is 7.52. The first-order valence-corrected chi connectivity index (χ1v) is 9.00. The molecule has 7 nitrogen and oxygen atoms in total. The van der Waals surface area contributed by atoms with Crippen LogP contribution in [0.25, 0.3) is 0 Å². The van der Waals surface area contributed by atoms with Crippen molar-refractivity contribution in [2.75, 3.05) is 7.11 Å². The average molecular weight is 364 g/mol. The Morgan fingerprint density at radius 1 is 1.12 bits per heavy atom. The van der Waals surface area contributed by atoms with Crippen LogP contribution in [0.3, 0.4) is 0 Å². The van der Waals surface area contributed by atoms with Crippen molar-refractivity contribution in [1.82, 2.24) is 4.72 Å². The molecule has 2 rings (SSSR count). The first-order chi connectivity index (χ1) is 11.8. The number of ether oxygens (including phenoxy) is 1. The molecule has 0 unspecified atom stereocenters. The maximum Gasteiger partial charge on any atom is 0.320 e. The van der Waals surface area contributed by atoms with Crippen molar-refractivity contribution in [1.29, 1.82) is 0 Å². The summed E-state index contributed by atoms with van der Waals surface area (Å²) in [7, 11) is -2.12. The highest BCUT2D eigenvalue weighted by Crippen LogP contribution is 2.16. The van der Waals surface area contributed by atoms with Gasteiger partial charge in [0.25, 0.3) is 0 Å². The maximum atomic E-state index is 12.3. The summed E-state index contributed by atoms with van der Waals surface area (Å²) in [4.78, 5) is 10.9. The van der Waals surface area contributed by atoms with Gasteiger partial charge in [-0.15, -0.1) is 0 Å². The molecule has 0 aliphatic heterocycles. The third-order valence-electron chi connectivity index (χ3n) is 3.63. The van der Waals surface area contributed by atoms with Crippen LogP contribution >= 0.6 is 0 Å². The van der Waals surface area contributed by atoms with Crippen LogP contribution in [-0.2, 0) is 27.8 Å². The molecular formula is C17H20N2O5S. The summed E-state index contributed by atoms with van der Waals surface area (Å²) in [5.41, 5.74) is 7.02. The van der Waals surface area contributed by atoms with E-state index in [9.17, 15) is 13.2 Å². The van der Waals surface area contributed by atoms with E-state index in [0.717, 1.165) is 11.1 Å². The lowest BCUT2D eigenvalue weighted by Gasteiger charge is -2.09. The molecule has 4 N–H and O–H groups in total. The van der Waals surface area contributed by atoms with Crippen LogP contribution < -0.4 is 15.2 Å². The summed E-state index contributed by atoms with van der Waals surface area (Å²) in [6.45, 7) is 0.125. The largest absolute Gasteiger partial charge is 0.497 e. The Balaban J connectivity index is 1.98. The smallest absolute Gasteiger partial charge is 0.320 e. The Kier molecular flexibility index (Phi) is 6.13. The second-order valence-electron chi connectivity index (χ2n) is 5.47. The molecule has 1 atom stereocenters. The van der Waals surface area contributed by atoms with Gasteiger partial charge in [0.05, 0.1) is 12.0 Å². The van der Waals surface area contributed by atoms with E-state index in [-0.39, 0.29) is 17.9 Å². The summed E-state index contributed by atoms with van der Waals surface area (Å²) >= 11 is 0. The van der Waals surface area contributed by atoms with Gasteiger partial charge in [-0.3, -0.25) is 4.79 Å². The van der Waals surface area contributed by atoms with Crippen LogP contribution in [-0.4, -0.2) is 32.6 Å². The number of sulfonamides is 1. The van der Waals surface area contributed by atoms with Gasteiger partial charge in [-0.25, -0.2) is 13.1 Å². The molecule has 0 spiro atoms. The Bertz CT molecular complexity index is 817. The van der Waals surface area contributed by atoms with Gasteiger partial charge in [0.15, 0.2) is 0 Å².